The van der Waals surface area contributed by atoms with Gasteiger partial charge in [-0.1, -0.05) is 29.8 Å². The molecule has 2 aliphatic heterocycles. The average molecular weight is 493 g/mol. The number of amides is 2. The van der Waals surface area contributed by atoms with E-state index in [1.807, 2.05) is 48.5 Å². The van der Waals surface area contributed by atoms with Crippen LogP contribution in [0.25, 0.3) is 10.9 Å². The van der Waals surface area contributed by atoms with Crippen molar-refractivity contribution in [3.05, 3.63) is 64.8 Å². The average Bonchev–Trinajstić information content (AvgIpc) is 3.29. The third-order valence-corrected chi connectivity index (χ3v) is 7.23. The molecule has 1 atom stereocenters. The standard InChI is InChI=1S/C26H25ClN4O4/c27-18-7-8-21-17(11-18)12-19(30(21)10-4-3-9-28)13-31-22-6-2-1-5-20(22)26(25(31)35)15-29(16-26)24(34)23(33)14-32/h1-2,5-8,11-12,23,32-33H,3-4,10,13-16H2/t23-/m0/s1. The zero-order valence-corrected chi connectivity index (χ0v) is 19.8. The number of hydrogen-bond donors (Lipinski definition) is 2. The maximum absolute atomic E-state index is 13.8. The minimum Gasteiger partial charge on any atom is -0.393 e. The topological polar surface area (TPSA) is 110 Å². The van der Waals surface area contributed by atoms with Crippen molar-refractivity contribution in [2.45, 2.75) is 37.5 Å². The first-order valence-electron chi connectivity index (χ1n) is 11.5. The Morgan fingerprint density at radius 1 is 1.20 bits per heavy atom. The van der Waals surface area contributed by atoms with Gasteiger partial charge in [0.25, 0.3) is 5.91 Å². The van der Waals surface area contributed by atoms with Crippen LogP contribution in [-0.2, 0) is 28.1 Å². The molecule has 0 radical (unpaired) electrons. The van der Waals surface area contributed by atoms with Crippen molar-refractivity contribution in [1.82, 2.24) is 9.47 Å². The summed E-state index contributed by atoms with van der Waals surface area (Å²) >= 11 is 6.22. The van der Waals surface area contributed by atoms with E-state index in [-0.39, 0.29) is 19.0 Å². The van der Waals surface area contributed by atoms with Crippen LogP contribution in [0.2, 0.25) is 5.02 Å². The Balaban J connectivity index is 1.48. The number of nitriles is 1. The van der Waals surface area contributed by atoms with Gasteiger partial charge < -0.3 is 24.6 Å². The maximum atomic E-state index is 13.8. The van der Waals surface area contributed by atoms with E-state index in [1.54, 1.807) is 4.90 Å². The monoisotopic (exact) mass is 492 g/mol. The number of para-hydroxylation sites is 1. The summed E-state index contributed by atoms with van der Waals surface area (Å²) in [5.41, 5.74) is 2.74. The van der Waals surface area contributed by atoms with Crippen molar-refractivity contribution in [1.29, 1.82) is 5.26 Å². The predicted molar refractivity (Wildman–Crippen MR) is 131 cm³/mol. The van der Waals surface area contributed by atoms with E-state index in [2.05, 4.69) is 10.6 Å². The van der Waals surface area contributed by atoms with Crippen LogP contribution >= 0.6 is 11.6 Å². The Bertz CT molecular complexity index is 1360. The minimum absolute atomic E-state index is 0.0897. The number of anilines is 1. The number of aromatic nitrogens is 1. The fraction of sp³-hybridized carbons (Fsp3) is 0.346. The second kappa shape index (κ2) is 9.00. The first-order valence-corrected chi connectivity index (χ1v) is 11.9. The Hall–Kier alpha value is -3.38. The summed E-state index contributed by atoms with van der Waals surface area (Å²) < 4.78 is 2.14. The van der Waals surface area contributed by atoms with Crippen molar-refractivity contribution in [3.8, 4) is 6.07 Å². The van der Waals surface area contributed by atoms with Crippen molar-refractivity contribution in [2.75, 3.05) is 24.6 Å². The molecule has 35 heavy (non-hydrogen) atoms. The Morgan fingerprint density at radius 3 is 2.71 bits per heavy atom. The molecular formula is C26H25ClN4O4. The molecule has 180 valence electrons. The van der Waals surface area contributed by atoms with Crippen molar-refractivity contribution >= 4 is 40.0 Å². The fourth-order valence-electron chi connectivity index (χ4n) is 5.28. The van der Waals surface area contributed by atoms with Crippen molar-refractivity contribution in [3.63, 3.8) is 0 Å². The number of nitrogens with zero attached hydrogens (tertiary/aromatic N) is 4. The van der Waals surface area contributed by atoms with E-state index in [4.69, 9.17) is 22.0 Å². The molecular weight excluding hydrogens is 468 g/mol. The molecule has 2 amide bonds. The molecule has 2 aliphatic rings. The number of unbranched alkanes of at least 4 members (excludes halogenated alkanes) is 1. The van der Waals surface area contributed by atoms with E-state index in [9.17, 15) is 14.7 Å². The van der Waals surface area contributed by atoms with Crippen LogP contribution in [0.15, 0.2) is 48.5 Å². The molecule has 8 nitrogen and oxygen atoms in total. The zero-order chi connectivity index (χ0) is 24.7. The summed E-state index contributed by atoms with van der Waals surface area (Å²) in [6, 6.07) is 17.5. The van der Waals surface area contributed by atoms with Gasteiger partial charge in [0.05, 0.1) is 19.2 Å². The molecule has 1 spiro atoms. The van der Waals surface area contributed by atoms with Crippen LogP contribution in [0.1, 0.15) is 24.1 Å². The van der Waals surface area contributed by atoms with Gasteiger partial charge in [-0.15, -0.1) is 0 Å². The van der Waals surface area contributed by atoms with Crippen molar-refractivity contribution < 1.29 is 19.8 Å². The number of carbonyl (C=O) groups is 2. The third-order valence-electron chi connectivity index (χ3n) is 7.00. The van der Waals surface area contributed by atoms with E-state index < -0.39 is 24.0 Å². The van der Waals surface area contributed by atoms with E-state index in [1.165, 1.54) is 4.90 Å². The van der Waals surface area contributed by atoms with E-state index in [0.29, 0.717) is 31.0 Å². The Kier molecular flexibility index (Phi) is 6.01. The van der Waals surface area contributed by atoms with Crippen LogP contribution < -0.4 is 4.90 Å². The molecule has 0 saturated carbocycles. The van der Waals surface area contributed by atoms with Gasteiger partial charge in [0.15, 0.2) is 6.10 Å². The lowest BCUT2D eigenvalue weighted by atomic mass is 9.74. The van der Waals surface area contributed by atoms with Crippen LogP contribution in [0.4, 0.5) is 5.69 Å². The van der Waals surface area contributed by atoms with Gasteiger partial charge in [0, 0.05) is 53.4 Å². The SMILES string of the molecule is N#CCCCn1c(CN2C(=O)C3(CN(C(=O)[C@@H](O)CO)C3)c3ccccc32)cc2cc(Cl)ccc21. The molecule has 1 fully saturated rings. The van der Waals surface area contributed by atoms with Gasteiger partial charge in [-0.05, 0) is 42.3 Å². The molecule has 2 N–H and O–H groups in total. The van der Waals surface area contributed by atoms with Gasteiger partial charge in [-0.2, -0.15) is 5.26 Å². The lowest BCUT2D eigenvalue weighted by Crippen LogP contribution is -2.66. The predicted octanol–water partition coefficient (Wildman–Crippen LogP) is 2.58. The number of benzene rings is 2. The molecule has 3 aromatic rings. The lowest BCUT2D eigenvalue weighted by molar-refractivity contribution is -0.153. The van der Waals surface area contributed by atoms with Crippen molar-refractivity contribution in [2.24, 2.45) is 0 Å². The van der Waals surface area contributed by atoms with E-state index in [0.717, 1.165) is 27.8 Å². The summed E-state index contributed by atoms with van der Waals surface area (Å²) in [5.74, 6) is -0.663. The third kappa shape index (κ3) is 3.76. The van der Waals surface area contributed by atoms with Gasteiger partial charge in [-0.3, -0.25) is 9.59 Å². The minimum atomic E-state index is -1.48. The molecule has 1 saturated heterocycles. The second-order valence-electron chi connectivity index (χ2n) is 9.14. The quantitative estimate of drug-likeness (QED) is 0.493. The van der Waals surface area contributed by atoms with Gasteiger partial charge in [0.1, 0.15) is 5.41 Å². The molecule has 2 aromatic carbocycles. The van der Waals surface area contributed by atoms with Gasteiger partial charge in [-0.25, -0.2) is 0 Å². The summed E-state index contributed by atoms with van der Waals surface area (Å²) in [6.07, 6.45) is -0.356. The van der Waals surface area contributed by atoms with Gasteiger partial charge in [0.2, 0.25) is 5.91 Å². The molecule has 0 aliphatic carbocycles. The highest BCUT2D eigenvalue weighted by atomic mass is 35.5. The highest BCUT2D eigenvalue weighted by molar-refractivity contribution is 6.31. The number of aryl methyl sites for hydroxylation is 1. The number of halogens is 1. The first kappa shape index (κ1) is 23.4. The summed E-state index contributed by atoms with van der Waals surface area (Å²) in [6.45, 7) is 0.652. The number of rotatable bonds is 7. The number of likely N-dealkylation sites (tertiary alicyclic amines) is 1. The number of aliphatic hydroxyl groups excluding tert-OH is 2. The smallest absolute Gasteiger partial charge is 0.253 e. The summed E-state index contributed by atoms with van der Waals surface area (Å²) in [5, 5.41) is 29.5. The lowest BCUT2D eigenvalue weighted by Gasteiger charge is -2.47. The van der Waals surface area contributed by atoms with Gasteiger partial charge >= 0.3 is 0 Å². The zero-order valence-electron chi connectivity index (χ0n) is 19.0. The highest BCUT2D eigenvalue weighted by Crippen LogP contribution is 2.48. The molecule has 1 aromatic heterocycles. The molecule has 0 bridgehead atoms. The highest BCUT2D eigenvalue weighted by Gasteiger charge is 2.59. The normalized spacial score (nSPS) is 16.9. The van der Waals surface area contributed by atoms with Crippen LogP contribution in [0, 0.1) is 11.3 Å². The number of fused-ring (bicyclic) bond motifs is 3. The maximum Gasteiger partial charge on any atom is 0.253 e. The number of aliphatic hydroxyl groups is 2. The number of carbonyl (C=O) groups excluding carboxylic acids is 2. The molecule has 5 rings (SSSR count). The van der Waals surface area contributed by atoms with Crippen LogP contribution in [0.3, 0.4) is 0 Å². The summed E-state index contributed by atoms with van der Waals surface area (Å²) in [4.78, 5) is 29.3. The molecule has 9 heteroatoms. The first-order chi connectivity index (χ1) is 16.9. The fourth-order valence-corrected chi connectivity index (χ4v) is 5.46. The second-order valence-corrected chi connectivity index (χ2v) is 9.57. The van der Waals surface area contributed by atoms with E-state index >= 15 is 0 Å². The molecule has 0 unspecified atom stereocenters. The Labute approximate surface area is 207 Å². The summed E-state index contributed by atoms with van der Waals surface area (Å²) in [7, 11) is 0. The largest absolute Gasteiger partial charge is 0.393 e. The number of hydrogen-bond acceptors (Lipinski definition) is 5. The van der Waals surface area contributed by atoms with Crippen LogP contribution in [-0.4, -0.2) is 57.3 Å². The van der Waals surface area contributed by atoms with Crippen LogP contribution in [0.5, 0.6) is 0 Å². The molecule has 3 heterocycles. The Morgan fingerprint density at radius 2 is 1.97 bits per heavy atom.